The Labute approximate surface area is 136 Å². The third-order valence-electron chi connectivity index (χ3n) is 3.24. The molecule has 2 aromatic carbocycles. The first kappa shape index (κ1) is 15.9. The molecule has 0 fully saturated rings. The zero-order chi connectivity index (χ0) is 15.2. The average Bonchev–Trinajstić information content (AvgIpc) is 2.48. The maximum Gasteiger partial charge on any atom is 0.107 e. The Morgan fingerprint density at radius 1 is 1.10 bits per heavy atom. The Morgan fingerprint density at radius 2 is 1.81 bits per heavy atom. The lowest BCUT2D eigenvalue weighted by Crippen LogP contribution is -2.13. The summed E-state index contributed by atoms with van der Waals surface area (Å²) < 4.78 is 0. The number of hydrogen-bond acceptors (Lipinski definition) is 3. The highest BCUT2D eigenvalue weighted by Gasteiger charge is 2.12. The van der Waals surface area contributed by atoms with Crippen molar-refractivity contribution >= 4 is 40.3 Å². The van der Waals surface area contributed by atoms with E-state index in [9.17, 15) is 0 Å². The van der Waals surface area contributed by atoms with Crippen LogP contribution in [0.1, 0.15) is 25.0 Å². The molecule has 0 aliphatic carbocycles. The Balaban J connectivity index is 2.44. The Hall–Kier alpha value is -1.52. The van der Waals surface area contributed by atoms with E-state index < -0.39 is 0 Å². The predicted octanol–water partition coefficient (Wildman–Crippen LogP) is 4.74. The molecule has 21 heavy (non-hydrogen) atoms. The lowest BCUT2D eigenvalue weighted by molar-refractivity contribution is 1.14. The van der Waals surface area contributed by atoms with E-state index in [0.717, 1.165) is 34.0 Å². The summed E-state index contributed by atoms with van der Waals surface area (Å²) in [6, 6.07) is 14.4. The zero-order valence-corrected chi connectivity index (χ0v) is 14.0. The second kappa shape index (κ2) is 7.48. The standard InChI is InChI=1S/C17H20N2S2/c1-3-12-8-5-6-9-13(12)19-14-10-7-11-15(21-4-2)16(14)17(18)20/h5-11,19H,3-4H2,1-2H3,(H2,18,20). The van der Waals surface area contributed by atoms with Gasteiger partial charge in [0.15, 0.2) is 0 Å². The second-order valence-corrected chi connectivity index (χ2v) is 6.36. The van der Waals surface area contributed by atoms with Crippen LogP contribution in [0.15, 0.2) is 47.4 Å². The molecule has 2 nitrogen and oxygen atoms in total. The monoisotopic (exact) mass is 316 g/mol. The number of anilines is 2. The summed E-state index contributed by atoms with van der Waals surface area (Å²) >= 11 is 7.01. The van der Waals surface area contributed by atoms with Gasteiger partial charge in [-0.3, -0.25) is 0 Å². The van der Waals surface area contributed by atoms with Crippen LogP contribution in [-0.2, 0) is 6.42 Å². The highest BCUT2D eigenvalue weighted by atomic mass is 32.2. The van der Waals surface area contributed by atoms with E-state index in [2.05, 4.69) is 43.4 Å². The van der Waals surface area contributed by atoms with Gasteiger partial charge in [0.05, 0.1) is 0 Å². The van der Waals surface area contributed by atoms with Crippen molar-refractivity contribution in [3.8, 4) is 0 Å². The van der Waals surface area contributed by atoms with E-state index in [1.807, 2.05) is 18.2 Å². The van der Waals surface area contributed by atoms with Crippen molar-refractivity contribution in [1.82, 2.24) is 0 Å². The summed E-state index contributed by atoms with van der Waals surface area (Å²) in [4.78, 5) is 1.56. The van der Waals surface area contributed by atoms with Crippen molar-refractivity contribution in [2.75, 3.05) is 11.1 Å². The molecule has 0 aromatic heterocycles. The van der Waals surface area contributed by atoms with Crippen molar-refractivity contribution in [1.29, 1.82) is 0 Å². The molecule has 0 saturated heterocycles. The summed E-state index contributed by atoms with van der Waals surface area (Å²) in [6.07, 6.45) is 0.981. The number of benzene rings is 2. The van der Waals surface area contributed by atoms with Crippen LogP contribution >= 0.6 is 24.0 Å². The molecule has 110 valence electrons. The number of rotatable bonds is 6. The van der Waals surface area contributed by atoms with Crippen LogP contribution in [0, 0.1) is 0 Å². The lowest BCUT2D eigenvalue weighted by atomic mass is 10.1. The highest BCUT2D eigenvalue weighted by molar-refractivity contribution is 7.99. The maximum absolute atomic E-state index is 5.95. The van der Waals surface area contributed by atoms with Crippen molar-refractivity contribution in [2.24, 2.45) is 5.73 Å². The van der Waals surface area contributed by atoms with Gasteiger partial charge in [0.1, 0.15) is 4.99 Å². The summed E-state index contributed by atoms with van der Waals surface area (Å²) in [7, 11) is 0. The number of aryl methyl sites for hydroxylation is 1. The van der Waals surface area contributed by atoms with Crippen LogP contribution in [-0.4, -0.2) is 10.7 Å². The van der Waals surface area contributed by atoms with Gasteiger partial charge in [0.25, 0.3) is 0 Å². The van der Waals surface area contributed by atoms with Gasteiger partial charge in [-0.15, -0.1) is 11.8 Å². The Morgan fingerprint density at radius 3 is 2.48 bits per heavy atom. The van der Waals surface area contributed by atoms with E-state index in [0.29, 0.717) is 4.99 Å². The molecule has 0 aliphatic heterocycles. The summed E-state index contributed by atoms with van der Waals surface area (Å²) in [6.45, 7) is 4.28. The summed E-state index contributed by atoms with van der Waals surface area (Å²) in [5, 5.41) is 3.49. The molecule has 0 saturated carbocycles. The van der Waals surface area contributed by atoms with Crippen molar-refractivity contribution in [3.63, 3.8) is 0 Å². The topological polar surface area (TPSA) is 38.0 Å². The third-order valence-corrected chi connectivity index (χ3v) is 4.38. The van der Waals surface area contributed by atoms with Crippen LogP contribution in [0.25, 0.3) is 0 Å². The zero-order valence-electron chi connectivity index (χ0n) is 12.3. The fourth-order valence-corrected chi connectivity index (χ4v) is 3.40. The first-order chi connectivity index (χ1) is 10.2. The fourth-order valence-electron chi connectivity index (χ4n) is 2.26. The molecule has 3 N–H and O–H groups in total. The van der Waals surface area contributed by atoms with Gasteiger partial charge >= 0.3 is 0 Å². The van der Waals surface area contributed by atoms with Crippen LogP contribution in [0.4, 0.5) is 11.4 Å². The summed E-state index contributed by atoms with van der Waals surface area (Å²) in [5.41, 5.74) is 10.2. The fraction of sp³-hybridized carbons (Fsp3) is 0.235. The normalized spacial score (nSPS) is 10.4. The molecular formula is C17H20N2S2. The quantitative estimate of drug-likeness (QED) is 0.596. The van der Waals surface area contributed by atoms with Gasteiger partial charge in [0, 0.05) is 21.8 Å². The predicted molar refractivity (Wildman–Crippen MR) is 97.8 cm³/mol. The van der Waals surface area contributed by atoms with Crippen molar-refractivity contribution < 1.29 is 0 Å². The van der Waals surface area contributed by atoms with Gasteiger partial charge < -0.3 is 11.1 Å². The SMILES string of the molecule is CCSc1cccc(Nc2ccccc2CC)c1C(N)=S. The molecule has 4 heteroatoms. The molecule has 0 unspecified atom stereocenters. The number of thioether (sulfide) groups is 1. The molecule has 0 radical (unpaired) electrons. The van der Waals surface area contributed by atoms with E-state index in [1.54, 1.807) is 11.8 Å². The molecule has 2 aromatic rings. The minimum atomic E-state index is 0.433. The Bertz CT molecular complexity index is 638. The highest BCUT2D eigenvalue weighted by Crippen LogP contribution is 2.31. The van der Waals surface area contributed by atoms with Crippen LogP contribution in [0.3, 0.4) is 0 Å². The van der Waals surface area contributed by atoms with E-state index in [-0.39, 0.29) is 0 Å². The minimum Gasteiger partial charge on any atom is -0.389 e. The van der Waals surface area contributed by atoms with E-state index in [4.69, 9.17) is 18.0 Å². The molecule has 0 heterocycles. The largest absolute Gasteiger partial charge is 0.389 e. The van der Waals surface area contributed by atoms with Gasteiger partial charge in [-0.25, -0.2) is 0 Å². The minimum absolute atomic E-state index is 0.433. The number of para-hydroxylation sites is 1. The lowest BCUT2D eigenvalue weighted by Gasteiger charge is -2.16. The smallest absolute Gasteiger partial charge is 0.107 e. The third kappa shape index (κ3) is 3.77. The van der Waals surface area contributed by atoms with Crippen LogP contribution in [0.2, 0.25) is 0 Å². The molecule has 0 amide bonds. The van der Waals surface area contributed by atoms with Crippen molar-refractivity contribution in [2.45, 2.75) is 25.2 Å². The molecule has 2 rings (SSSR count). The van der Waals surface area contributed by atoms with E-state index in [1.165, 1.54) is 5.56 Å². The Kier molecular flexibility index (Phi) is 5.65. The van der Waals surface area contributed by atoms with Gasteiger partial charge in [-0.2, -0.15) is 0 Å². The number of thiocarbonyl (C=S) groups is 1. The first-order valence-electron chi connectivity index (χ1n) is 7.07. The van der Waals surface area contributed by atoms with Crippen LogP contribution < -0.4 is 11.1 Å². The molecule has 0 bridgehead atoms. The van der Waals surface area contributed by atoms with Gasteiger partial charge in [-0.1, -0.05) is 50.3 Å². The van der Waals surface area contributed by atoms with E-state index >= 15 is 0 Å². The van der Waals surface area contributed by atoms with Gasteiger partial charge in [-0.05, 0) is 35.9 Å². The number of nitrogens with two attached hydrogens (primary N) is 1. The summed E-state index contributed by atoms with van der Waals surface area (Å²) in [5.74, 6) is 0.991. The molecule has 0 spiro atoms. The maximum atomic E-state index is 5.95. The van der Waals surface area contributed by atoms with Crippen molar-refractivity contribution in [3.05, 3.63) is 53.6 Å². The molecular weight excluding hydrogens is 296 g/mol. The molecule has 0 aliphatic rings. The first-order valence-corrected chi connectivity index (χ1v) is 8.47. The average molecular weight is 316 g/mol. The van der Waals surface area contributed by atoms with Crippen LogP contribution in [0.5, 0.6) is 0 Å². The number of hydrogen-bond donors (Lipinski definition) is 2. The van der Waals surface area contributed by atoms with Gasteiger partial charge in [0.2, 0.25) is 0 Å². The number of nitrogens with one attached hydrogen (secondary N) is 1. The molecule has 0 atom stereocenters. The second-order valence-electron chi connectivity index (χ2n) is 4.61.